The molecule has 2 N–H and O–H groups in total. The van der Waals surface area contributed by atoms with E-state index in [1.807, 2.05) is 21.2 Å². The topological polar surface area (TPSA) is 115 Å². The molecule has 3 aromatic heterocycles. The molecule has 0 aromatic carbocycles. The van der Waals surface area contributed by atoms with E-state index in [1.165, 1.54) is 30.4 Å². The van der Waals surface area contributed by atoms with Crippen LogP contribution in [0.1, 0.15) is 35.1 Å². The minimum atomic E-state index is -0.826. The lowest BCUT2D eigenvalue weighted by molar-refractivity contribution is -0.138. The van der Waals surface area contributed by atoms with Gasteiger partial charge >= 0.3 is 5.97 Å². The minimum absolute atomic E-state index is 0.0371. The van der Waals surface area contributed by atoms with Crippen LogP contribution in [-0.4, -0.2) is 87.0 Å². The predicted octanol–water partition coefficient (Wildman–Crippen LogP) is 3.76. The smallest absolute Gasteiger partial charge is 0.317 e. The van der Waals surface area contributed by atoms with E-state index in [4.69, 9.17) is 21.7 Å². The highest BCUT2D eigenvalue weighted by Crippen LogP contribution is 2.37. The third-order valence-electron chi connectivity index (χ3n) is 6.68. The van der Waals surface area contributed by atoms with Crippen LogP contribution < -0.4 is 10.2 Å². The second kappa shape index (κ2) is 11.4. The summed E-state index contributed by atoms with van der Waals surface area (Å²) in [6.45, 7) is 6.70. The van der Waals surface area contributed by atoms with Crippen LogP contribution in [0.2, 0.25) is 5.02 Å². The molecule has 13 heteroatoms. The number of piperazine rings is 1. The van der Waals surface area contributed by atoms with Crippen molar-refractivity contribution in [3.05, 3.63) is 39.4 Å². The van der Waals surface area contributed by atoms with Gasteiger partial charge in [0.05, 0.1) is 34.5 Å². The zero-order chi connectivity index (χ0) is 25.9. The van der Waals surface area contributed by atoms with Gasteiger partial charge in [0, 0.05) is 49.0 Å². The number of carboxylic acid groups (broad SMARTS) is 1. The van der Waals surface area contributed by atoms with E-state index < -0.39 is 5.97 Å². The van der Waals surface area contributed by atoms with Crippen LogP contribution in [0, 0.1) is 0 Å². The molecule has 1 atom stereocenters. The number of thiophene rings is 1. The van der Waals surface area contributed by atoms with Crippen LogP contribution >= 0.6 is 34.3 Å². The number of aromatic nitrogens is 3. The van der Waals surface area contributed by atoms with Crippen molar-refractivity contribution in [2.24, 2.45) is 0 Å². The molecule has 0 aliphatic carbocycles. The van der Waals surface area contributed by atoms with Crippen molar-refractivity contribution in [2.75, 3.05) is 49.5 Å². The van der Waals surface area contributed by atoms with Crippen molar-refractivity contribution >= 4 is 57.1 Å². The van der Waals surface area contributed by atoms with Crippen molar-refractivity contribution in [1.82, 2.24) is 24.8 Å². The molecule has 2 aliphatic rings. The summed E-state index contributed by atoms with van der Waals surface area (Å²) in [6.07, 6.45) is 5.43. The van der Waals surface area contributed by atoms with Crippen LogP contribution in [0.25, 0.3) is 10.6 Å². The molecule has 2 saturated heterocycles. The zero-order valence-corrected chi connectivity index (χ0v) is 22.8. The normalized spacial score (nSPS) is 18.9. The number of carbonyl (C=O) groups is 2. The lowest BCUT2D eigenvalue weighted by Crippen LogP contribution is -2.48. The number of likely N-dealkylation sites (tertiary alicyclic amines) is 1. The first-order valence-corrected chi connectivity index (χ1v) is 14.2. The molecular formula is C24H28ClN7O3S2. The van der Waals surface area contributed by atoms with Crippen LogP contribution in [0.5, 0.6) is 0 Å². The first-order chi connectivity index (χ1) is 17.9. The highest BCUT2D eigenvalue weighted by Gasteiger charge is 2.25. The van der Waals surface area contributed by atoms with Gasteiger partial charge in [0.1, 0.15) is 11.5 Å². The fourth-order valence-corrected chi connectivity index (χ4v) is 6.80. The second-order valence-corrected chi connectivity index (χ2v) is 11.7. The molecule has 10 nitrogen and oxygen atoms in total. The number of carboxylic acids is 1. The van der Waals surface area contributed by atoms with Crippen molar-refractivity contribution < 1.29 is 14.7 Å². The number of amides is 1. The molecular weight excluding hydrogens is 534 g/mol. The minimum Gasteiger partial charge on any atom is -0.480 e. The number of anilines is 2. The van der Waals surface area contributed by atoms with E-state index in [-0.39, 0.29) is 18.1 Å². The van der Waals surface area contributed by atoms with Crippen molar-refractivity contribution in [2.45, 2.75) is 32.4 Å². The van der Waals surface area contributed by atoms with Gasteiger partial charge < -0.3 is 10.0 Å². The summed E-state index contributed by atoms with van der Waals surface area (Å²) < 4.78 is 0. The van der Waals surface area contributed by atoms with Gasteiger partial charge in [-0.25, -0.2) is 15.0 Å². The largest absolute Gasteiger partial charge is 0.480 e. The SMILES string of the molecule is C[C@@H]1CCCN1Cc1sc(NC(=O)c2cnc(N3CCN(CC(=O)O)CC3)cn2)nc1-c1cc(Cl)cs1. The van der Waals surface area contributed by atoms with Gasteiger partial charge in [-0.2, -0.15) is 0 Å². The van der Waals surface area contributed by atoms with E-state index in [1.54, 1.807) is 17.5 Å². The molecule has 37 heavy (non-hydrogen) atoms. The molecule has 0 unspecified atom stereocenters. The molecule has 2 aliphatic heterocycles. The Labute approximate surface area is 227 Å². The molecule has 0 bridgehead atoms. The summed E-state index contributed by atoms with van der Waals surface area (Å²) in [5.74, 6) is -0.525. The third kappa shape index (κ3) is 6.27. The lowest BCUT2D eigenvalue weighted by Gasteiger charge is -2.34. The van der Waals surface area contributed by atoms with Gasteiger partial charge in [0.15, 0.2) is 5.13 Å². The van der Waals surface area contributed by atoms with Crippen LogP contribution in [-0.2, 0) is 11.3 Å². The van der Waals surface area contributed by atoms with E-state index in [9.17, 15) is 9.59 Å². The zero-order valence-electron chi connectivity index (χ0n) is 20.4. The molecule has 0 spiro atoms. The van der Waals surface area contributed by atoms with Gasteiger partial charge in [0.25, 0.3) is 5.91 Å². The highest BCUT2D eigenvalue weighted by molar-refractivity contribution is 7.17. The maximum Gasteiger partial charge on any atom is 0.317 e. The number of aliphatic carboxylic acids is 1. The quantitative estimate of drug-likeness (QED) is 0.424. The Morgan fingerprint density at radius 1 is 1.19 bits per heavy atom. The predicted molar refractivity (Wildman–Crippen MR) is 146 cm³/mol. The van der Waals surface area contributed by atoms with Crippen molar-refractivity contribution in [3.63, 3.8) is 0 Å². The summed E-state index contributed by atoms with van der Waals surface area (Å²) in [6, 6.07) is 2.43. The second-order valence-electron chi connectivity index (χ2n) is 9.25. The fourth-order valence-electron chi connectivity index (χ4n) is 4.64. The first kappa shape index (κ1) is 26.0. The van der Waals surface area contributed by atoms with Gasteiger partial charge in [-0.1, -0.05) is 22.9 Å². The summed E-state index contributed by atoms with van der Waals surface area (Å²) >= 11 is 9.21. The van der Waals surface area contributed by atoms with Gasteiger partial charge in [-0.05, 0) is 32.4 Å². The Morgan fingerprint density at radius 3 is 2.62 bits per heavy atom. The van der Waals surface area contributed by atoms with Crippen LogP contribution in [0.3, 0.4) is 0 Å². The van der Waals surface area contributed by atoms with Gasteiger partial charge in [-0.3, -0.25) is 24.7 Å². The number of nitrogens with zero attached hydrogens (tertiary/aromatic N) is 6. The number of thiazole rings is 1. The standard InChI is InChI=1S/C24H28ClN7O3S2/c1-15-3-2-4-32(15)12-19-22(18-9-16(25)14-36-18)28-24(37-19)29-23(35)17-10-27-20(11-26-17)31-7-5-30(6-8-31)13-21(33)34/h9-11,14-15H,2-8,12-13H2,1H3,(H,33,34)(H,28,29,35)/t15-/m1/s1. The molecule has 0 radical (unpaired) electrons. The molecule has 1 amide bonds. The average molecular weight is 562 g/mol. The number of hydrogen-bond donors (Lipinski definition) is 2. The lowest BCUT2D eigenvalue weighted by atomic mass is 10.2. The molecule has 0 saturated carbocycles. The number of halogens is 1. The van der Waals surface area contributed by atoms with Gasteiger partial charge in [0.2, 0.25) is 0 Å². The van der Waals surface area contributed by atoms with Crippen molar-refractivity contribution in [3.8, 4) is 10.6 Å². The van der Waals surface area contributed by atoms with Crippen LogP contribution in [0.15, 0.2) is 23.8 Å². The summed E-state index contributed by atoms with van der Waals surface area (Å²) in [7, 11) is 0. The average Bonchev–Trinajstić information content (AvgIpc) is 3.60. The fraction of sp³-hybridized carbons (Fsp3) is 0.458. The molecule has 5 rings (SSSR count). The maximum atomic E-state index is 13.0. The Kier molecular flexibility index (Phi) is 8.01. The van der Waals surface area contributed by atoms with E-state index >= 15 is 0 Å². The van der Waals surface area contributed by atoms with E-state index in [2.05, 4.69) is 27.1 Å². The number of carbonyl (C=O) groups excluding carboxylic acids is 1. The Balaban J connectivity index is 1.26. The maximum absolute atomic E-state index is 13.0. The third-order valence-corrected chi connectivity index (χ3v) is 8.92. The summed E-state index contributed by atoms with van der Waals surface area (Å²) in [5.41, 5.74) is 1.07. The summed E-state index contributed by atoms with van der Waals surface area (Å²) in [5, 5.41) is 14.9. The Bertz CT molecular complexity index is 1260. The van der Waals surface area contributed by atoms with Crippen LogP contribution in [0.4, 0.5) is 10.9 Å². The molecule has 3 aromatic rings. The van der Waals surface area contributed by atoms with Crippen molar-refractivity contribution in [1.29, 1.82) is 0 Å². The van der Waals surface area contributed by atoms with E-state index in [0.29, 0.717) is 48.2 Å². The highest BCUT2D eigenvalue weighted by atomic mass is 35.5. The molecule has 5 heterocycles. The monoisotopic (exact) mass is 561 g/mol. The molecule has 196 valence electrons. The number of hydrogen-bond acceptors (Lipinski definition) is 10. The first-order valence-electron chi connectivity index (χ1n) is 12.2. The van der Waals surface area contributed by atoms with Gasteiger partial charge in [-0.15, -0.1) is 11.3 Å². The Hall–Kier alpha value is -2.64. The van der Waals surface area contributed by atoms with E-state index in [0.717, 1.165) is 28.5 Å². The molecule has 2 fully saturated rings. The number of rotatable bonds is 8. The summed E-state index contributed by atoms with van der Waals surface area (Å²) in [4.78, 5) is 45.8. The number of nitrogens with one attached hydrogen (secondary N) is 1. The Morgan fingerprint density at radius 2 is 2.00 bits per heavy atom.